The van der Waals surface area contributed by atoms with Gasteiger partial charge in [0.15, 0.2) is 0 Å². The predicted octanol–water partition coefficient (Wildman–Crippen LogP) is 6.60. The van der Waals surface area contributed by atoms with Crippen LogP contribution in [0.25, 0.3) is 0 Å². The number of hydrogen-bond donors (Lipinski definition) is 0. The summed E-state index contributed by atoms with van der Waals surface area (Å²) < 4.78 is 0. The summed E-state index contributed by atoms with van der Waals surface area (Å²) in [4.78, 5) is 0. The summed E-state index contributed by atoms with van der Waals surface area (Å²) in [6, 6.07) is 4.69. The van der Waals surface area contributed by atoms with Crippen molar-refractivity contribution in [1.29, 1.82) is 0 Å². The van der Waals surface area contributed by atoms with Crippen molar-refractivity contribution in [3.8, 4) is 0 Å². The fraction of sp³-hybridized carbons (Fsp3) is 0.714. The van der Waals surface area contributed by atoms with E-state index in [9.17, 15) is 5.11 Å². The lowest BCUT2D eigenvalue weighted by Gasteiger charge is -2.20. The molecule has 0 aliphatic rings. The zero-order chi connectivity index (χ0) is 16.4. The first-order chi connectivity index (χ1) is 10.7. The van der Waals surface area contributed by atoms with Crippen molar-refractivity contribution in [2.75, 3.05) is 0 Å². The molecule has 0 saturated heterocycles. The van der Waals surface area contributed by atoms with Gasteiger partial charge in [-0.3, -0.25) is 0 Å². The number of aryl methyl sites for hydroxylation is 3. The van der Waals surface area contributed by atoms with E-state index >= 15 is 0 Å². The van der Waals surface area contributed by atoms with Crippen LogP contribution in [-0.4, -0.2) is 0 Å². The molecular formula is C21H35O. The molecule has 0 aliphatic heterocycles. The molecule has 0 spiro atoms. The topological polar surface area (TPSA) is 19.9 Å². The van der Waals surface area contributed by atoms with Crippen LogP contribution in [0.1, 0.15) is 101 Å². The molecule has 0 heterocycles. The molecule has 1 heteroatoms. The van der Waals surface area contributed by atoms with Crippen LogP contribution in [0.3, 0.4) is 0 Å². The first kappa shape index (κ1) is 19.2. The first-order valence-corrected chi connectivity index (χ1v) is 9.48. The van der Waals surface area contributed by atoms with E-state index in [1.165, 1.54) is 55.2 Å². The van der Waals surface area contributed by atoms with Crippen molar-refractivity contribution in [3.05, 3.63) is 34.4 Å². The second-order valence-electron chi connectivity index (χ2n) is 6.54. The van der Waals surface area contributed by atoms with Crippen LogP contribution in [0.4, 0.5) is 0 Å². The van der Waals surface area contributed by atoms with Gasteiger partial charge in [-0.05, 0) is 67.2 Å². The monoisotopic (exact) mass is 303 g/mol. The molecule has 1 atom stereocenters. The Balaban J connectivity index is 3.19. The SMILES string of the molecule is CCCCc1cc(CCCC)c(C([O])CC)c(CCCC)c1. The summed E-state index contributed by atoms with van der Waals surface area (Å²) >= 11 is 0. The molecule has 1 rings (SSSR count). The summed E-state index contributed by atoms with van der Waals surface area (Å²) in [6.07, 6.45) is 10.7. The van der Waals surface area contributed by atoms with Gasteiger partial charge in [-0.15, -0.1) is 0 Å². The van der Waals surface area contributed by atoms with Crippen molar-refractivity contribution in [2.24, 2.45) is 0 Å². The highest BCUT2D eigenvalue weighted by Gasteiger charge is 2.18. The van der Waals surface area contributed by atoms with Gasteiger partial charge in [0, 0.05) is 0 Å². The fourth-order valence-corrected chi connectivity index (χ4v) is 3.14. The van der Waals surface area contributed by atoms with Gasteiger partial charge < -0.3 is 0 Å². The lowest BCUT2D eigenvalue weighted by molar-refractivity contribution is 0.0840. The number of hydrogen-bond acceptors (Lipinski definition) is 0. The molecule has 1 unspecified atom stereocenters. The van der Waals surface area contributed by atoms with Crippen LogP contribution in [0.5, 0.6) is 0 Å². The molecule has 0 bridgehead atoms. The Bertz CT molecular complexity index is 393. The fourth-order valence-electron chi connectivity index (χ4n) is 3.14. The third-order valence-corrected chi connectivity index (χ3v) is 4.52. The van der Waals surface area contributed by atoms with E-state index in [1.54, 1.807) is 0 Å². The van der Waals surface area contributed by atoms with Gasteiger partial charge in [-0.1, -0.05) is 59.1 Å². The average Bonchev–Trinajstić information content (AvgIpc) is 2.55. The Morgan fingerprint density at radius 2 is 1.23 bits per heavy atom. The smallest absolute Gasteiger partial charge is 0.118 e. The molecule has 1 aromatic carbocycles. The van der Waals surface area contributed by atoms with E-state index in [4.69, 9.17) is 0 Å². The molecule has 1 aromatic rings. The van der Waals surface area contributed by atoms with Gasteiger partial charge in [0.05, 0.1) is 0 Å². The minimum absolute atomic E-state index is 0.543. The highest BCUT2D eigenvalue weighted by Crippen LogP contribution is 2.30. The number of benzene rings is 1. The Morgan fingerprint density at radius 3 is 1.64 bits per heavy atom. The normalized spacial score (nSPS) is 12.6. The zero-order valence-corrected chi connectivity index (χ0v) is 15.2. The van der Waals surface area contributed by atoms with Gasteiger partial charge in [0.2, 0.25) is 0 Å². The third kappa shape index (κ3) is 5.76. The van der Waals surface area contributed by atoms with E-state index in [-0.39, 0.29) is 0 Å². The Morgan fingerprint density at radius 1 is 0.773 bits per heavy atom. The predicted molar refractivity (Wildman–Crippen MR) is 96.0 cm³/mol. The van der Waals surface area contributed by atoms with Gasteiger partial charge in [0.1, 0.15) is 6.10 Å². The van der Waals surface area contributed by atoms with Crippen LogP contribution < -0.4 is 0 Å². The van der Waals surface area contributed by atoms with Crippen LogP contribution in [0.15, 0.2) is 12.1 Å². The van der Waals surface area contributed by atoms with Crippen LogP contribution in [0, 0.1) is 0 Å². The van der Waals surface area contributed by atoms with Crippen LogP contribution >= 0.6 is 0 Å². The highest BCUT2D eigenvalue weighted by molar-refractivity contribution is 5.41. The van der Waals surface area contributed by atoms with Crippen molar-refractivity contribution in [3.63, 3.8) is 0 Å². The Kier molecular flexibility index (Phi) is 9.47. The maximum atomic E-state index is 12.6. The van der Waals surface area contributed by atoms with Crippen molar-refractivity contribution in [2.45, 2.75) is 98.0 Å². The lowest BCUT2D eigenvalue weighted by atomic mass is 9.87. The maximum absolute atomic E-state index is 12.6. The van der Waals surface area contributed by atoms with E-state index in [2.05, 4.69) is 32.9 Å². The quantitative estimate of drug-likeness (QED) is 0.439. The summed E-state index contributed by atoms with van der Waals surface area (Å²) in [6.45, 7) is 8.73. The molecular weight excluding hydrogens is 268 g/mol. The molecule has 0 amide bonds. The zero-order valence-electron chi connectivity index (χ0n) is 15.2. The Hall–Kier alpha value is -0.820. The summed E-state index contributed by atoms with van der Waals surface area (Å²) in [5, 5.41) is 12.6. The molecule has 0 aliphatic carbocycles. The van der Waals surface area contributed by atoms with E-state index in [0.29, 0.717) is 6.42 Å². The second kappa shape index (κ2) is 10.8. The highest BCUT2D eigenvalue weighted by atomic mass is 16.3. The standard InChI is InChI=1S/C21H35O/c1-5-9-12-17-15-18(13-10-6-2)21(20(22)8-4)19(16-17)14-11-7-3/h15-16,20H,5-14H2,1-4H3. The minimum atomic E-state index is -0.543. The maximum Gasteiger partial charge on any atom is 0.118 e. The summed E-state index contributed by atoms with van der Waals surface area (Å²) in [5.41, 5.74) is 5.29. The van der Waals surface area contributed by atoms with Crippen molar-refractivity contribution < 1.29 is 5.11 Å². The molecule has 22 heavy (non-hydrogen) atoms. The van der Waals surface area contributed by atoms with E-state index < -0.39 is 6.10 Å². The molecule has 0 saturated carbocycles. The molecule has 1 radical (unpaired) electrons. The summed E-state index contributed by atoms with van der Waals surface area (Å²) in [7, 11) is 0. The van der Waals surface area contributed by atoms with Crippen LogP contribution in [0.2, 0.25) is 0 Å². The lowest BCUT2D eigenvalue weighted by Crippen LogP contribution is -2.07. The minimum Gasteiger partial charge on any atom is -0.228 e. The molecule has 0 fully saturated rings. The molecule has 0 aromatic heterocycles. The van der Waals surface area contributed by atoms with Crippen molar-refractivity contribution in [1.82, 2.24) is 0 Å². The molecule has 1 nitrogen and oxygen atoms in total. The van der Waals surface area contributed by atoms with Gasteiger partial charge in [0.25, 0.3) is 0 Å². The second-order valence-corrected chi connectivity index (χ2v) is 6.54. The Labute approximate surface area is 138 Å². The van der Waals surface area contributed by atoms with E-state index in [1.807, 2.05) is 6.92 Å². The van der Waals surface area contributed by atoms with E-state index in [0.717, 1.165) is 24.8 Å². The molecule has 0 N–H and O–H groups in total. The molecule has 125 valence electrons. The number of rotatable bonds is 11. The van der Waals surface area contributed by atoms with Gasteiger partial charge in [-0.25, -0.2) is 5.11 Å². The first-order valence-electron chi connectivity index (χ1n) is 9.48. The van der Waals surface area contributed by atoms with Gasteiger partial charge in [-0.2, -0.15) is 0 Å². The van der Waals surface area contributed by atoms with Crippen LogP contribution in [-0.2, 0) is 24.4 Å². The van der Waals surface area contributed by atoms with Gasteiger partial charge >= 0.3 is 0 Å². The third-order valence-electron chi connectivity index (χ3n) is 4.52. The average molecular weight is 304 g/mol. The van der Waals surface area contributed by atoms with Crippen molar-refractivity contribution >= 4 is 0 Å². The number of unbranched alkanes of at least 4 members (excludes halogenated alkanes) is 3. The largest absolute Gasteiger partial charge is 0.228 e. The summed E-state index contributed by atoms with van der Waals surface area (Å²) in [5.74, 6) is 0.